The number of halogens is 1. The van der Waals surface area contributed by atoms with Gasteiger partial charge < -0.3 is 21.2 Å². The molecule has 1 rings (SSSR count). The highest BCUT2D eigenvalue weighted by Gasteiger charge is 2.11. The van der Waals surface area contributed by atoms with Crippen LogP contribution in [0.2, 0.25) is 0 Å². The van der Waals surface area contributed by atoms with E-state index in [0.717, 1.165) is 26.2 Å². The minimum atomic E-state index is -0.446. The summed E-state index contributed by atoms with van der Waals surface area (Å²) in [6.07, 6.45) is 0. The topological polar surface area (TPSA) is 73.9 Å². The normalized spacial score (nSPS) is 12.1. The van der Waals surface area contributed by atoms with E-state index in [1.807, 2.05) is 0 Å². The minimum absolute atomic E-state index is 0.121. The fraction of sp³-hybridized carbons (Fsp3) is 0.500. The van der Waals surface area contributed by atoms with Gasteiger partial charge in [-0.2, -0.15) is 0 Å². The van der Waals surface area contributed by atoms with E-state index in [1.165, 1.54) is 6.07 Å². The van der Waals surface area contributed by atoms with Crippen molar-refractivity contribution in [3.05, 3.63) is 35.1 Å². The number of rotatable bonds is 8. The Morgan fingerprint density at radius 3 is 2.70 bits per heavy atom. The average molecular weight is 282 g/mol. The number of likely N-dealkylation sites (N-methyl/N-ethyl adjacent to an activating group) is 1. The molecule has 0 heterocycles. The Hall–Kier alpha value is -1.66. The third-order valence-electron chi connectivity index (χ3n) is 3.28. The lowest BCUT2D eigenvalue weighted by Crippen LogP contribution is -2.31. The van der Waals surface area contributed by atoms with Crippen LogP contribution in [0.4, 0.5) is 4.39 Å². The first-order chi connectivity index (χ1) is 9.63. The number of benzene rings is 1. The predicted molar refractivity (Wildman–Crippen MR) is 78.4 cm³/mol. The van der Waals surface area contributed by atoms with E-state index in [2.05, 4.69) is 29.2 Å². The van der Waals surface area contributed by atoms with Gasteiger partial charge in [0.25, 0.3) is 0 Å². The molecule has 112 valence electrons. The molecule has 0 saturated heterocycles. The van der Waals surface area contributed by atoms with Crippen molar-refractivity contribution in [1.82, 2.24) is 10.2 Å². The monoisotopic (exact) mass is 282 g/mol. The molecule has 1 aromatic carbocycles. The van der Waals surface area contributed by atoms with Gasteiger partial charge in [-0.1, -0.05) is 31.1 Å². The lowest BCUT2D eigenvalue weighted by atomic mass is 10.1. The number of hydrogen-bond donors (Lipinski definition) is 3. The molecule has 0 amide bonds. The van der Waals surface area contributed by atoms with E-state index in [0.29, 0.717) is 12.1 Å². The molecule has 6 heteroatoms. The number of amidine groups is 1. The van der Waals surface area contributed by atoms with Crippen LogP contribution in [0.25, 0.3) is 0 Å². The van der Waals surface area contributed by atoms with Gasteiger partial charge in [-0.3, -0.25) is 0 Å². The highest BCUT2D eigenvalue weighted by molar-refractivity contribution is 5.97. The van der Waals surface area contributed by atoms with Crippen molar-refractivity contribution < 1.29 is 9.60 Å². The van der Waals surface area contributed by atoms with Crippen molar-refractivity contribution in [2.75, 3.05) is 26.2 Å². The molecule has 0 atom stereocenters. The third kappa shape index (κ3) is 4.47. The minimum Gasteiger partial charge on any atom is -0.409 e. The van der Waals surface area contributed by atoms with Gasteiger partial charge in [0.05, 0.1) is 5.56 Å². The first kappa shape index (κ1) is 16.4. The fourth-order valence-electron chi connectivity index (χ4n) is 1.97. The predicted octanol–water partition coefficient (Wildman–Crippen LogP) is 1.35. The lowest BCUT2D eigenvalue weighted by molar-refractivity contribution is 0.302. The molecule has 20 heavy (non-hydrogen) atoms. The largest absolute Gasteiger partial charge is 0.409 e. The lowest BCUT2D eigenvalue weighted by Gasteiger charge is -2.18. The van der Waals surface area contributed by atoms with Crippen LogP contribution in [0, 0.1) is 5.82 Å². The van der Waals surface area contributed by atoms with Crippen LogP contribution in [0.15, 0.2) is 23.4 Å². The van der Waals surface area contributed by atoms with Crippen LogP contribution in [0.3, 0.4) is 0 Å². The Morgan fingerprint density at radius 1 is 1.40 bits per heavy atom. The zero-order chi connectivity index (χ0) is 15.0. The molecule has 5 nitrogen and oxygen atoms in total. The van der Waals surface area contributed by atoms with Crippen molar-refractivity contribution in [3.8, 4) is 0 Å². The summed E-state index contributed by atoms with van der Waals surface area (Å²) in [5.41, 5.74) is 6.06. The summed E-state index contributed by atoms with van der Waals surface area (Å²) >= 11 is 0. The van der Waals surface area contributed by atoms with Crippen LogP contribution in [0.5, 0.6) is 0 Å². The molecule has 0 aliphatic carbocycles. The summed E-state index contributed by atoms with van der Waals surface area (Å²) in [6.45, 7) is 8.37. The van der Waals surface area contributed by atoms with Crippen molar-refractivity contribution in [1.29, 1.82) is 0 Å². The van der Waals surface area contributed by atoms with Crippen molar-refractivity contribution >= 4 is 5.84 Å². The highest BCUT2D eigenvalue weighted by Crippen LogP contribution is 2.12. The first-order valence-electron chi connectivity index (χ1n) is 6.82. The highest BCUT2D eigenvalue weighted by atomic mass is 19.1. The fourth-order valence-corrected chi connectivity index (χ4v) is 1.97. The van der Waals surface area contributed by atoms with Gasteiger partial charge >= 0.3 is 0 Å². The Labute approximate surface area is 119 Å². The van der Waals surface area contributed by atoms with Crippen LogP contribution >= 0.6 is 0 Å². The number of nitrogens with one attached hydrogen (secondary N) is 1. The molecule has 1 aromatic rings. The molecule has 0 unspecified atom stereocenters. The van der Waals surface area contributed by atoms with Gasteiger partial charge in [0, 0.05) is 25.2 Å². The average Bonchev–Trinajstić information content (AvgIpc) is 2.48. The van der Waals surface area contributed by atoms with Crippen LogP contribution < -0.4 is 11.1 Å². The molecule has 4 N–H and O–H groups in total. The number of nitrogens with two attached hydrogens (primary N) is 1. The molecule has 0 aliphatic rings. The quantitative estimate of drug-likeness (QED) is 0.221. The van der Waals surface area contributed by atoms with E-state index >= 15 is 0 Å². The molecular weight excluding hydrogens is 259 g/mol. The molecule has 0 bridgehead atoms. The maximum absolute atomic E-state index is 14.1. The van der Waals surface area contributed by atoms with E-state index in [1.54, 1.807) is 12.1 Å². The van der Waals surface area contributed by atoms with E-state index in [-0.39, 0.29) is 11.4 Å². The molecule has 0 radical (unpaired) electrons. The van der Waals surface area contributed by atoms with Gasteiger partial charge in [-0.15, -0.1) is 0 Å². The van der Waals surface area contributed by atoms with Crippen LogP contribution in [-0.4, -0.2) is 42.1 Å². The number of nitrogens with zero attached hydrogens (tertiary/aromatic N) is 2. The number of oxime groups is 1. The second-order valence-electron chi connectivity index (χ2n) is 4.47. The summed E-state index contributed by atoms with van der Waals surface area (Å²) in [5, 5.41) is 14.6. The van der Waals surface area contributed by atoms with Gasteiger partial charge in [-0.05, 0) is 19.2 Å². The summed E-state index contributed by atoms with van der Waals surface area (Å²) in [7, 11) is 0. The molecular formula is C14H23FN4O. The Balaban J connectivity index is 2.57. The van der Waals surface area contributed by atoms with E-state index in [9.17, 15) is 4.39 Å². The van der Waals surface area contributed by atoms with Gasteiger partial charge in [0.1, 0.15) is 5.82 Å². The molecule has 0 aromatic heterocycles. The maximum Gasteiger partial charge on any atom is 0.173 e. The SMILES string of the molecule is CCN(CC)CCNCc1cccc(/C(N)=N/O)c1F. The molecule has 0 aliphatic heterocycles. The zero-order valence-corrected chi connectivity index (χ0v) is 12.1. The van der Waals surface area contributed by atoms with E-state index < -0.39 is 5.82 Å². The Morgan fingerprint density at radius 2 is 2.10 bits per heavy atom. The maximum atomic E-state index is 14.1. The van der Waals surface area contributed by atoms with Crippen molar-refractivity contribution in [3.63, 3.8) is 0 Å². The molecule has 0 saturated carbocycles. The Bertz CT molecular complexity index is 447. The van der Waals surface area contributed by atoms with Gasteiger partial charge in [0.15, 0.2) is 5.84 Å². The van der Waals surface area contributed by atoms with E-state index in [4.69, 9.17) is 10.9 Å². The van der Waals surface area contributed by atoms with Crippen molar-refractivity contribution in [2.45, 2.75) is 20.4 Å². The zero-order valence-electron chi connectivity index (χ0n) is 12.1. The van der Waals surface area contributed by atoms with Gasteiger partial charge in [0.2, 0.25) is 0 Å². The summed E-state index contributed by atoms with van der Waals surface area (Å²) in [6, 6.07) is 4.87. The third-order valence-corrected chi connectivity index (χ3v) is 3.28. The van der Waals surface area contributed by atoms with Gasteiger partial charge in [-0.25, -0.2) is 4.39 Å². The Kier molecular flexibility index (Phi) is 6.97. The summed E-state index contributed by atoms with van der Waals surface area (Å²) in [4.78, 5) is 2.29. The standard InChI is InChI=1S/C14H23FN4O/c1-3-19(4-2)9-8-17-10-11-6-5-7-12(13(11)15)14(16)18-20/h5-7,17,20H,3-4,8-10H2,1-2H3,(H2,16,18). The second kappa shape index (κ2) is 8.50. The van der Waals surface area contributed by atoms with Crippen LogP contribution in [0.1, 0.15) is 25.0 Å². The first-order valence-corrected chi connectivity index (χ1v) is 6.82. The van der Waals surface area contributed by atoms with Crippen LogP contribution in [-0.2, 0) is 6.54 Å². The summed E-state index contributed by atoms with van der Waals surface area (Å²) < 4.78 is 14.1. The second-order valence-corrected chi connectivity index (χ2v) is 4.47. The number of hydrogen-bond acceptors (Lipinski definition) is 4. The van der Waals surface area contributed by atoms with Crippen molar-refractivity contribution in [2.24, 2.45) is 10.9 Å². The smallest absolute Gasteiger partial charge is 0.173 e. The molecule has 0 fully saturated rings. The summed E-state index contributed by atoms with van der Waals surface area (Å²) in [5.74, 6) is -0.661. The molecule has 0 spiro atoms.